The van der Waals surface area contributed by atoms with Gasteiger partial charge < -0.3 is 11.5 Å². The molecule has 4 aromatic carbocycles. The third-order valence-corrected chi connectivity index (χ3v) is 8.42. The zero-order chi connectivity index (χ0) is 38.3. The summed E-state index contributed by atoms with van der Waals surface area (Å²) in [5.41, 5.74) is 23.4. The van der Waals surface area contributed by atoms with E-state index < -0.39 is 0 Å². The normalized spacial score (nSPS) is 10.9. The Bertz CT molecular complexity index is 1640. The van der Waals surface area contributed by atoms with Crippen LogP contribution in [0.2, 0.25) is 17.4 Å². The molecule has 7 heteroatoms. The number of nitrogen functional groups attached to an aromatic ring is 1. The van der Waals surface area contributed by atoms with Gasteiger partial charge in [0.15, 0.2) is 0 Å². The maximum absolute atomic E-state index is 8.52. The van der Waals surface area contributed by atoms with Crippen molar-refractivity contribution in [3.05, 3.63) is 126 Å². The highest BCUT2D eigenvalue weighted by atomic mass is 79.9. The summed E-state index contributed by atoms with van der Waals surface area (Å²) < 4.78 is 1.98. The van der Waals surface area contributed by atoms with Crippen LogP contribution in [0.25, 0.3) is 0 Å². The fourth-order valence-electron chi connectivity index (χ4n) is 5.12. The minimum Gasteiger partial charge on any atom is -0.398 e. The van der Waals surface area contributed by atoms with E-state index in [1.807, 2.05) is 25.1 Å². The van der Waals surface area contributed by atoms with Crippen molar-refractivity contribution in [1.82, 2.24) is 0 Å². The smallest absolute Gasteiger partial charge is 0.251 e. The van der Waals surface area contributed by atoms with E-state index in [9.17, 15) is 0 Å². The van der Waals surface area contributed by atoms with Crippen LogP contribution in [0.15, 0.2) is 86.7 Å². The third-order valence-electron chi connectivity index (χ3n) is 7.50. The predicted octanol–water partition coefficient (Wildman–Crippen LogP) is 13.6. The van der Waals surface area contributed by atoms with Crippen molar-refractivity contribution in [3.8, 4) is 6.07 Å². The number of benzene rings is 4. The predicted molar refractivity (Wildman–Crippen MR) is 230 cm³/mol. The van der Waals surface area contributed by atoms with Gasteiger partial charge in [0.1, 0.15) is 5.84 Å². The molecule has 0 saturated carbocycles. The third kappa shape index (κ3) is 15.6. The zero-order valence-electron chi connectivity index (χ0n) is 32.6. The van der Waals surface area contributed by atoms with Crippen LogP contribution < -0.4 is 11.5 Å². The van der Waals surface area contributed by atoms with Gasteiger partial charge in [0, 0.05) is 20.2 Å². The van der Waals surface area contributed by atoms with Gasteiger partial charge in [-0.1, -0.05) is 124 Å². The monoisotopic (exact) mass is 816 g/mol. The summed E-state index contributed by atoms with van der Waals surface area (Å²) in [6, 6.07) is 26.6. The quantitative estimate of drug-likeness (QED) is 0.0879. The van der Waals surface area contributed by atoms with E-state index in [2.05, 4.69) is 166 Å². The van der Waals surface area contributed by atoms with Crippen molar-refractivity contribution in [2.45, 2.75) is 110 Å². The van der Waals surface area contributed by atoms with Gasteiger partial charge in [-0.15, -0.1) is 17.4 Å². The molecule has 4 aromatic rings. The SMILES string of the molecule is CC(C)c1cccc(C(C)C)c1N.Cc1cc(Br)cc(C#N)c1.Cc1cc(Br)cc(C(N)=Nc2c(C(C)C)cccc2C(C)C)c1.[CH3][Al]([CH3])[CH3]. The second-order valence-electron chi connectivity index (χ2n) is 14.6. The van der Waals surface area contributed by atoms with E-state index >= 15 is 0 Å². The molecule has 0 heterocycles. The first kappa shape index (κ1) is 45.2. The number of hydrogen-bond donors (Lipinski definition) is 2. The lowest BCUT2D eigenvalue weighted by atomic mass is 9.93. The van der Waals surface area contributed by atoms with Crippen molar-refractivity contribution in [1.29, 1.82) is 5.26 Å². The van der Waals surface area contributed by atoms with Crippen molar-refractivity contribution in [2.24, 2.45) is 10.7 Å². The molecule has 0 aromatic heterocycles. The highest BCUT2D eigenvalue weighted by Crippen LogP contribution is 2.35. The van der Waals surface area contributed by atoms with Crippen LogP contribution in [0.3, 0.4) is 0 Å². The lowest BCUT2D eigenvalue weighted by Gasteiger charge is -2.17. The van der Waals surface area contributed by atoms with Crippen LogP contribution >= 0.6 is 31.9 Å². The molecule has 0 bridgehead atoms. The van der Waals surface area contributed by atoms with Gasteiger partial charge in [0.05, 0.1) is 17.3 Å². The zero-order valence-corrected chi connectivity index (χ0v) is 36.9. The number of nitrogens with two attached hydrogens (primary N) is 2. The van der Waals surface area contributed by atoms with Crippen molar-refractivity contribution in [2.75, 3.05) is 5.73 Å². The second-order valence-corrected chi connectivity index (χ2v) is 19.9. The maximum Gasteiger partial charge on any atom is 0.251 e. The van der Waals surface area contributed by atoms with E-state index in [1.54, 1.807) is 6.07 Å². The Morgan fingerprint density at radius 2 is 1.04 bits per heavy atom. The van der Waals surface area contributed by atoms with Crippen LogP contribution in [-0.4, -0.2) is 20.0 Å². The molecule has 0 atom stereocenters. The Morgan fingerprint density at radius 3 is 1.40 bits per heavy atom. The molecule has 0 radical (unpaired) electrons. The first-order valence-corrected chi connectivity index (χ1v) is 22.6. The molecular weight excluding hydrogens is 759 g/mol. The minimum absolute atomic E-state index is 0.139. The molecule has 0 saturated heterocycles. The van der Waals surface area contributed by atoms with E-state index in [0.717, 1.165) is 37.0 Å². The van der Waals surface area contributed by atoms with Gasteiger partial charge in [-0.25, -0.2) is 4.99 Å². The number of aliphatic imine (C=N–C) groups is 1. The molecule has 4 rings (SSSR count). The number of halogens is 2. The molecular formula is C43H59AlBr2N4. The number of aryl methyl sites for hydroxylation is 2. The van der Waals surface area contributed by atoms with Crippen LogP contribution in [0, 0.1) is 25.2 Å². The van der Waals surface area contributed by atoms with Gasteiger partial charge in [-0.2, -0.15) is 5.26 Å². The average Bonchev–Trinajstić information content (AvgIpc) is 3.00. The summed E-state index contributed by atoms with van der Waals surface area (Å²) in [6.07, 6.45) is 0. The first-order valence-electron chi connectivity index (χ1n) is 17.6. The lowest BCUT2D eigenvalue weighted by Crippen LogP contribution is -2.13. The Morgan fingerprint density at radius 1 is 0.660 bits per heavy atom. The fraction of sp³-hybridized carbons (Fsp3) is 0.395. The molecule has 0 spiro atoms. The van der Waals surface area contributed by atoms with E-state index in [0.29, 0.717) is 35.1 Å². The summed E-state index contributed by atoms with van der Waals surface area (Å²) in [5.74, 6) is 9.32. The molecule has 0 fully saturated rings. The molecule has 4 nitrogen and oxygen atoms in total. The average molecular weight is 819 g/mol. The van der Waals surface area contributed by atoms with Crippen LogP contribution in [0.4, 0.5) is 11.4 Å². The molecule has 268 valence electrons. The lowest BCUT2D eigenvalue weighted by molar-refractivity contribution is 0.834. The molecule has 0 aliphatic carbocycles. The summed E-state index contributed by atoms with van der Waals surface area (Å²) in [6.45, 7) is 21.5. The number of para-hydroxylation sites is 2. The number of nitrogens with zero attached hydrogens (tertiary/aromatic N) is 2. The van der Waals surface area contributed by atoms with Gasteiger partial charge in [-0.3, -0.25) is 0 Å². The van der Waals surface area contributed by atoms with Gasteiger partial charge >= 0.3 is 0 Å². The topological polar surface area (TPSA) is 88.2 Å². The minimum atomic E-state index is -0.139. The summed E-state index contributed by atoms with van der Waals surface area (Å²) in [5, 5.41) is 8.52. The Kier molecular flexibility index (Phi) is 20.0. The van der Waals surface area contributed by atoms with Gasteiger partial charge in [0.25, 0.3) is 14.1 Å². The van der Waals surface area contributed by atoms with E-state index in [1.165, 1.54) is 22.3 Å². The summed E-state index contributed by atoms with van der Waals surface area (Å²) in [7, 11) is 0. The Labute approximate surface area is 325 Å². The number of anilines is 1. The number of nitriles is 1. The van der Waals surface area contributed by atoms with Crippen LogP contribution in [0.1, 0.15) is 124 Å². The maximum atomic E-state index is 8.52. The fourth-order valence-corrected chi connectivity index (χ4v) is 6.33. The Balaban J connectivity index is 0.000000389. The number of rotatable bonds is 6. The molecule has 0 unspecified atom stereocenters. The van der Waals surface area contributed by atoms with Crippen molar-refractivity contribution in [3.63, 3.8) is 0 Å². The molecule has 0 aliphatic rings. The van der Waals surface area contributed by atoms with Gasteiger partial charge in [0.2, 0.25) is 0 Å². The second kappa shape index (κ2) is 22.2. The highest BCUT2D eigenvalue weighted by molar-refractivity contribution is 9.10. The Hall–Kier alpha value is -2.87. The van der Waals surface area contributed by atoms with Crippen LogP contribution in [-0.2, 0) is 0 Å². The van der Waals surface area contributed by atoms with E-state index in [4.69, 9.17) is 21.7 Å². The first-order chi connectivity index (χ1) is 23.3. The van der Waals surface area contributed by atoms with Crippen molar-refractivity contribution < 1.29 is 0 Å². The number of amidine groups is 1. The largest absolute Gasteiger partial charge is 0.398 e. The van der Waals surface area contributed by atoms with Crippen molar-refractivity contribution >= 4 is 63.2 Å². The molecule has 0 aliphatic heterocycles. The standard InChI is InChI=1S/C20H25BrN2.C12H19N.C8H6BrN.3CH3.Al/c1-12(2)17-7-6-8-18(13(3)4)19(17)23-20(22)15-9-14(5)10-16(21)11-15;1-8(2)10-6-5-7-11(9(3)4)12(10)13;1-6-2-7(5-10)4-8(9)3-6;;;;/h6-13H,1-5H3,(H2,22,23);5-9H,13H2,1-4H3;2-4H,1H3;3*1H3;. The highest BCUT2D eigenvalue weighted by Gasteiger charge is 2.14. The van der Waals surface area contributed by atoms with E-state index in [-0.39, 0.29) is 14.1 Å². The molecule has 0 amide bonds. The van der Waals surface area contributed by atoms with Gasteiger partial charge in [-0.05, 0) is 107 Å². The van der Waals surface area contributed by atoms with Crippen LogP contribution in [0.5, 0.6) is 0 Å². The molecule has 4 N–H and O–H groups in total. The summed E-state index contributed by atoms with van der Waals surface area (Å²) in [4.78, 5) is 4.83. The molecule has 50 heavy (non-hydrogen) atoms. The number of hydrogen-bond acceptors (Lipinski definition) is 3. The summed E-state index contributed by atoms with van der Waals surface area (Å²) >= 11 is 6.70.